The van der Waals surface area contributed by atoms with E-state index in [1.807, 2.05) is 31.2 Å². The molecule has 1 aliphatic rings. The third-order valence-electron chi connectivity index (χ3n) is 5.49. The van der Waals surface area contributed by atoms with Crippen LogP contribution in [0.1, 0.15) is 18.9 Å². The summed E-state index contributed by atoms with van der Waals surface area (Å²) in [7, 11) is -3.96. The van der Waals surface area contributed by atoms with E-state index in [1.165, 1.54) is 0 Å². The van der Waals surface area contributed by atoms with Gasteiger partial charge in [0.2, 0.25) is 21.7 Å². The summed E-state index contributed by atoms with van der Waals surface area (Å²) in [5.41, 5.74) is 1.65. The number of non-ortho nitro benzene ring substituents is 1. The lowest BCUT2D eigenvalue weighted by atomic mass is 10.1. The highest BCUT2D eigenvalue weighted by Crippen LogP contribution is 2.31. The number of benzene rings is 2. The van der Waals surface area contributed by atoms with Crippen molar-refractivity contribution < 1.29 is 22.9 Å². The van der Waals surface area contributed by atoms with Crippen molar-refractivity contribution >= 4 is 49.5 Å². The minimum absolute atomic E-state index is 0.0423. The lowest BCUT2D eigenvalue weighted by Gasteiger charge is -2.17. The molecule has 3 aromatic rings. The standard InChI is InChI=1S/C22H20N4O6S2/c1-2-14-3-5-16(6-4-14)25-13-15(11-19(25)27)21(28)24-22-23-12-20(33-22)34(31,32)18-9-7-17(8-10-18)26(29)30/h3-10,12,15H,2,11,13H2,1H3,(H,23,24,28). The summed E-state index contributed by atoms with van der Waals surface area (Å²) >= 11 is 0.771. The summed E-state index contributed by atoms with van der Waals surface area (Å²) in [5, 5.41) is 13.5. The zero-order chi connectivity index (χ0) is 24.5. The van der Waals surface area contributed by atoms with Crippen LogP contribution in [0.4, 0.5) is 16.5 Å². The van der Waals surface area contributed by atoms with Gasteiger partial charge in [-0.1, -0.05) is 30.4 Å². The molecule has 34 heavy (non-hydrogen) atoms. The number of anilines is 2. The second-order valence-electron chi connectivity index (χ2n) is 7.65. The van der Waals surface area contributed by atoms with E-state index in [1.54, 1.807) is 4.90 Å². The number of amides is 2. The number of carbonyl (C=O) groups is 2. The van der Waals surface area contributed by atoms with Crippen molar-refractivity contribution in [3.63, 3.8) is 0 Å². The van der Waals surface area contributed by atoms with Gasteiger partial charge in [0.05, 0.1) is 21.9 Å². The monoisotopic (exact) mass is 500 g/mol. The average molecular weight is 501 g/mol. The fourth-order valence-corrected chi connectivity index (χ4v) is 5.99. The van der Waals surface area contributed by atoms with Gasteiger partial charge >= 0.3 is 0 Å². The van der Waals surface area contributed by atoms with Crippen molar-refractivity contribution in [2.24, 2.45) is 5.92 Å². The van der Waals surface area contributed by atoms with Crippen LogP contribution >= 0.6 is 11.3 Å². The van der Waals surface area contributed by atoms with E-state index in [9.17, 15) is 28.1 Å². The number of sulfone groups is 1. The highest BCUT2D eigenvalue weighted by Gasteiger charge is 2.35. The van der Waals surface area contributed by atoms with E-state index in [0.717, 1.165) is 59.5 Å². The van der Waals surface area contributed by atoms with Crippen molar-refractivity contribution in [3.8, 4) is 0 Å². The van der Waals surface area contributed by atoms with E-state index < -0.39 is 26.6 Å². The molecule has 2 heterocycles. The Morgan fingerprint density at radius 3 is 2.50 bits per heavy atom. The van der Waals surface area contributed by atoms with Crippen LogP contribution in [0.2, 0.25) is 0 Å². The summed E-state index contributed by atoms with van der Waals surface area (Å²) < 4.78 is 25.5. The Morgan fingerprint density at radius 2 is 1.88 bits per heavy atom. The summed E-state index contributed by atoms with van der Waals surface area (Å²) in [5.74, 6) is -1.18. The van der Waals surface area contributed by atoms with Gasteiger partial charge in [-0.15, -0.1) is 0 Å². The van der Waals surface area contributed by atoms with Crippen molar-refractivity contribution in [2.45, 2.75) is 28.9 Å². The molecule has 0 aliphatic carbocycles. The molecular formula is C22H20N4O6S2. The summed E-state index contributed by atoms with van der Waals surface area (Å²) in [4.78, 5) is 40.8. The van der Waals surface area contributed by atoms with Crippen LogP contribution in [0.25, 0.3) is 0 Å². The normalized spacial score (nSPS) is 16.0. The minimum Gasteiger partial charge on any atom is -0.312 e. The van der Waals surface area contributed by atoms with Crippen LogP contribution in [0, 0.1) is 16.0 Å². The number of nitrogens with zero attached hydrogens (tertiary/aromatic N) is 3. The highest BCUT2D eigenvalue weighted by molar-refractivity contribution is 7.93. The van der Waals surface area contributed by atoms with Crippen LogP contribution in [-0.4, -0.2) is 36.7 Å². The van der Waals surface area contributed by atoms with E-state index >= 15 is 0 Å². The van der Waals surface area contributed by atoms with Crippen molar-refractivity contribution in [1.82, 2.24) is 4.98 Å². The predicted molar refractivity (Wildman–Crippen MR) is 126 cm³/mol. The molecule has 1 N–H and O–H groups in total. The second-order valence-corrected chi connectivity index (χ2v) is 10.9. The first-order valence-corrected chi connectivity index (χ1v) is 12.6. The Kier molecular flexibility index (Phi) is 6.44. The summed E-state index contributed by atoms with van der Waals surface area (Å²) in [6.45, 7) is 2.26. The number of rotatable bonds is 7. The Bertz CT molecular complexity index is 1350. The number of nitro groups is 1. The molecule has 1 aromatic heterocycles. The molecule has 2 amide bonds. The molecule has 4 rings (SSSR count). The van der Waals surface area contributed by atoms with Gasteiger partial charge in [-0.25, -0.2) is 13.4 Å². The summed E-state index contributed by atoms with van der Waals surface area (Å²) in [6, 6.07) is 12.1. The first-order valence-electron chi connectivity index (χ1n) is 10.3. The minimum atomic E-state index is -3.96. The van der Waals surface area contributed by atoms with Gasteiger partial charge in [0.1, 0.15) is 4.21 Å². The number of carbonyl (C=O) groups excluding carboxylic acids is 2. The van der Waals surface area contributed by atoms with E-state index in [-0.39, 0.29) is 38.8 Å². The number of hydrogen-bond donors (Lipinski definition) is 1. The lowest BCUT2D eigenvalue weighted by Crippen LogP contribution is -2.28. The number of nitro benzene ring substituents is 1. The molecule has 0 saturated carbocycles. The fraction of sp³-hybridized carbons (Fsp3) is 0.227. The number of nitrogens with one attached hydrogen (secondary N) is 1. The molecule has 1 atom stereocenters. The molecule has 1 saturated heterocycles. The SMILES string of the molecule is CCc1ccc(N2CC(C(=O)Nc3ncc(S(=O)(=O)c4ccc([N+](=O)[O-])cc4)s3)CC2=O)cc1. The van der Waals surface area contributed by atoms with Gasteiger partial charge < -0.3 is 10.2 Å². The fourth-order valence-electron chi connectivity index (χ4n) is 3.56. The first-order chi connectivity index (χ1) is 16.2. The molecule has 2 aromatic carbocycles. The molecule has 176 valence electrons. The number of aryl methyl sites for hydroxylation is 1. The van der Waals surface area contributed by atoms with Gasteiger partial charge in [-0.05, 0) is 36.2 Å². The van der Waals surface area contributed by atoms with Crippen molar-refractivity contribution in [1.29, 1.82) is 0 Å². The Balaban J connectivity index is 1.44. The van der Waals surface area contributed by atoms with Gasteiger partial charge in [-0.2, -0.15) is 0 Å². The molecule has 1 unspecified atom stereocenters. The van der Waals surface area contributed by atoms with Crippen molar-refractivity contribution in [2.75, 3.05) is 16.8 Å². The zero-order valence-corrected chi connectivity index (χ0v) is 19.6. The molecule has 12 heteroatoms. The molecule has 0 bridgehead atoms. The third-order valence-corrected chi connectivity index (χ3v) is 8.63. The number of thiazole rings is 1. The lowest BCUT2D eigenvalue weighted by molar-refractivity contribution is -0.384. The number of aromatic nitrogens is 1. The maximum absolute atomic E-state index is 12.8. The van der Waals surface area contributed by atoms with Crippen LogP contribution in [-0.2, 0) is 25.8 Å². The highest BCUT2D eigenvalue weighted by atomic mass is 32.2. The van der Waals surface area contributed by atoms with Crippen LogP contribution in [0.3, 0.4) is 0 Å². The molecule has 1 fully saturated rings. The molecule has 0 spiro atoms. The molecule has 0 radical (unpaired) electrons. The largest absolute Gasteiger partial charge is 0.312 e. The van der Waals surface area contributed by atoms with Crippen LogP contribution in [0.15, 0.2) is 63.8 Å². The zero-order valence-electron chi connectivity index (χ0n) is 18.0. The third kappa shape index (κ3) is 4.68. The second kappa shape index (κ2) is 9.31. The molecule has 10 nitrogen and oxygen atoms in total. The van der Waals surface area contributed by atoms with E-state index in [2.05, 4.69) is 10.3 Å². The van der Waals surface area contributed by atoms with Crippen molar-refractivity contribution in [3.05, 3.63) is 70.4 Å². The Labute approximate surface area is 199 Å². The first kappa shape index (κ1) is 23.5. The quantitative estimate of drug-likeness (QED) is 0.387. The topological polar surface area (TPSA) is 140 Å². The van der Waals surface area contributed by atoms with E-state index in [0.29, 0.717) is 0 Å². The Morgan fingerprint density at radius 1 is 1.21 bits per heavy atom. The summed E-state index contributed by atoms with van der Waals surface area (Å²) in [6.07, 6.45) is 2.05. The maximum Gasteiger partial charge on any atom is 0.269 e. The average Bonchev–Trinajstić information content (AvgIpc) is 3.46. The van der Waals surface area contributed by atoms with Gasteiger partial charge in [0.25, 0.3) is 5.69 Å². The maximum atomic E-state index is 12.8. The van der Waals surface area contributed by atoms with Crippen LogP contribution in [0.5, 0.6) is 0 Å². The Hall–Kier alpha value is -3.64. The van der Waals surface area contributed by atoms with E-state index in [4.69, 9.17) is 0 Å². The molecule has 1 aliphatic heterocycles. The van der Waals surface area contributed by atoms with Gasteiger partial charge in [0, 0.05) is 30.8 Å². The van der Waals surface area contributed by atoms with Gasteiger partial charge in [-0.3, -0.25) is 19.7 Å². The van der Waals surface area contributed by atoms with Gasteiger partial charge in [0.15, 0.2) is 5.13 Å². The molecular weight excluding hydrogens is 480 g/mol. The smallest absolute Gasteiger partial charge is 0.269 e. The predicted octanol–water partition coefficient (Wildman–Crippen LogP) is 3.44. The number of hydrogen-bond acceptors (Lipinski definition) is 8. The van der Waals surface area contributed by atoms with Crippen LogP contribution < -0.4 is 10.2 Å².